The molecule has 156 valence electrons. The van der Waals surface area contributed by atoms with Gasteiger partial charge in [-0.05, 0) is 126 Å². The number of nitrogens with zero attached hydrogens (tertiary/aromatic N) is 1. The van der Waals surface area contributed by atoms with E-state index < -0.39 is 5.97 Å². The van der Waals surface area contributed by atoms with Crippen LogP contribution in [0.1, 0.15) is 10.4 Å². The molecule has 0 saturated carbocycles. The van der Waals surface area contributed by atoms with Crippen LogP contribution in [0.25, 0.3) is 33.4 Å². The Morgan fingerprint density at radius 1 is 1.00 bits per heavy atom. The van der Waals surface area contributed by atoms with Gasteiger partial charge in [0.2, 0.25) is 5.43 Å². The van der Waals surface area contributed by atoms with E-state index in [0.29, 0.717) is 53.4 Å². The van der Waals surface area contributed by atoms with Gasteiger partial charge in [0.05, 0.1) is 22.0 Å². The van der Waals surface area contributed by atoms with Crippen molar-refractivity contribution in [2.45, 2.75) is 0 Å². The summed E-state index contributed by atoms with van der Waals surface area (Å²) in [4.78, 5) is 24.7. The predicted octanol–water partition coefficient (Wildman–Crippen LogP) is 6.75. The van der Waals surface area contributed by atoms with Crippen LogP contribution in [0.2, 0.25) is 0 Å². The molecule has 0 unspecified atom stereocenters. The lowest BCUT2D eigenvalue weighted by Crippen LogP contribution is -2.12. The summed E-state index contributed by atoms with van der Waals surface area (Å²) in [5.74, 6) is -0.733. The Balaban J connectivity index is 2.35. The molecule has 0 amide bonds. The Kier molecular flexibility index (Phi) is 6.78. The van der Waals surface area contributed by atoms with E-state index in [1.807, 2.05) is 90.4 Å². The van der Waals surface area contributed by atoms with Gasteiger partial charge in [-0.15, -0.1) is 0 Å². The van der Waals surface area contributed by atoms with Crippen LogP contribution in [0.3, 0.4) is 0 Å². The topological polar surface area (TPSA) is 100 Å². The highest BCUT2D eigenvalue weighted by molar-refractivity contribution is 14.1. The van der Waals surface area contributed by atoms with E-state index in [4.69, 9.17) is 16.8 Å². The summed E-state index contributed by atoms with van der Waals surface area (Å²) in [5.41, 5.74) is 2.22. The lowest BCUT2D eigenvalue weighted by molar-refractivity contribution is 0.0698. The molecule has 2 N–H and O–H groups in total. The Morgan fingerprint density at radius 2 is 1.71 bits per heavy atom. The predicted molar refractivity (Wildman–Crippen MR) is 153 cm³/mol. The zero-order valence-corrected chi connectivity index (χ0v) is 24.3. The quantitative estimate of drug-likeness (QED) is 0.175. The molecule has 2 aromatic rings. The van der Waals surface area contributed by atoms with Crippen LogP contribution in [0, 0.1) is 14.3 Å². The van der Waals surface area contributed by atoms with Crippen LogP contribution in [-0.4, -0.2) is 16.2 Å². The summed E-state index contributed by atoms with van der Waals surface area (Å²) in [6.45, 7) is 0. The number of carboxylic acid groups (broad SMARTS) is 1. The minimum Gasteiger partial charge on any atom is -0.506 e. The Hall–Kier alpha value is -0.660. The summed E-state index contributed by atoms with van der Waals surface area (Å²) in [7, 11) is 0. The summed E-state index contributed by atoms with van der Waals surface area (Å²) in [5, 5.41) is 20.9. The smallest absolute Gasteiger partial charge is 0.336 e. The van der Waals surface area contributed by atoms with Crippen molar-refractivity contribution in [3.05, 3.63) is 60.4 Å². The van der Waals surface area contributed by atoms with Crippen molar-refractivity contribution in [1.29, 1.82) is 0 Å². The third-order valence-corrected chi connectivity index (χ3v) is 8.45. The zero-order chi connectivity index (χ0) is 22.6. The number of hydrogen-bond acceptors (Lipinski definition) is 6. The van der Waals surface area contributed by atoms with Crippen LogP contribution in [0.5, 0.6) is 5.75 Å². The van der Waals surface area contributed by atoms with Gasteiger partial charge in [0.1, 0.15) is 9.32 Å². The second-order valence-electron chi connectivity index (χ2n) is 6.38. The molecule has 1 aliphatic carbocycles. The number of halogens is 4. The van der Waals surface area contributed by atoms with Gasteiger partial charge >= 0.3 is 5.97 Å². The third kappa shape index (κ3) is 3.97. The van der Waals surface area contributed by atoms with E-state index in [0.717, 1.165) is 0 Å². The molecular weight excluding hydrogens is 874 g/mol. The van der Waals surface area contributed by atoms with E-state index >= 15 is 0 Å². The maximum atomic E-state index is 12.6. The van der Waals surface area contributed by atoms with Gasteiger partial charge in [0.25, 0.3) is 0 Å². The fourth-order valence-corrected chi connectivity index (χ4v) is 6.96. The van der Waals surface area contributed by atoms with E-state index in [-0.39, 0.29) is 16.7 Å². The Labute approximate surface area is 234 Å². The number of benzene rings is 3. The molecule has 11 heteroatoms. The van der Waals surface area contributed by atoms with Crippen molar-refractivity contribution < 1.29 is 19.4 Å². The first kappa shape index (κ1) is 23.5. The molecule has 2 aliphatic rings. The van der Waals surface area contributed by atoms with E-state index in [1.165, 1.54) is 6.07 Å². The van der Waals surface area contributed by atoms with Crippen LogP contribution >= 0.6 is 90.4 Å². The molecule has 0 atom stereocenters. The monoisotopic (exact) mass is 881 g/mol. The van der Waals surface area contributed by atoms with Gasteiger partial charge in [0, 0.05) is 28.9 Å². The van der Waals surface area contributed by atoms with Crippen LogP contribution in [0.4, 0.5) is 5.69 Å². The molecule has 31 heavy (non-hydrogen) atoms. The van der Waals surface area contributed by atoms with Crippen LogP contribution in [0.15, 0.2) is 43.9 Å². The minimum atomic E-state index is -1.11. The normalized spacial score (nSPS) is 11.2. The second-order valence-corrected chi connectivity index (χ2v) is 11.0. The molecule has 0 aromatic heterocycles. The van der Waals surface area contributed by atoms with E-state index in [1.54, 1.807) is 24.3 Å². The number of aromatic hydroxyl groups is 1. The maximum Gasteiger partial charge on any atom is 0.336 e. The van der Waals surface area contributed by atoms with Crippen LogP contribution < -0.4 is 5.43 Å². The number of rotatable bonds is 3. The molecule has 0 bridgehead atoms. The molecule has 0 radical (unpaired) electrons. The number of fused-ring (bicyclic) bond motifs is 2. The largest absolute Gasteiger partial charge is 0.506 e. The Morgan fingerprint density at radius 3 is 2.35 bits per heavy atom. The number of phenols is 1. The summed E-state index contributed by atoms with van der Waals surface area (Å²) < 4.78 is 11.8. The zero-order valence-electron chi connectivity index (χ0n) is 14.9. The molecule has 6 nitrogen and oxygen atoms in total. The van der Waals surface area contributed by atoms with Gasteiger partial charge in [-0.25, -0.2) is 4.79 Å². The van der Waals surface area contributed by atoms with Crippen molar-refractivity contribution in [2.24, 2.45) is 4.36 Å². The summed E-state index contributed by atoms with van der Waals surface area (Å²) in [6, 6.07) is 8.04. The highest BCUT2D eigenvalue weighted by atomic mass is 127. The van der Waals surface area contributed by atoms with Crippen molar-refractivity contribution in [2.75, 3.05) is 0 Å². The molecule has 1 heterocycles. The highest BCUT2D eigenvalue weighted by Crippen LogP contribution is 2.47. The number of aromatic carboxylic acids is 1. The van der Waals surface area contributed by atoms with Gasteiger partial charge in [-0.3, -0.25) is 4.79 Å². The standard InChI is InChI=1S/C20H7I4NO5S/c21-11-4-9-13(8-3-6(25-31)1-2-7(8)20(28)29)10-5-12(22)17(27)15(24)19(10)30-18(9)14(23)16(11)26/h1-5,26H,(H,28,29). The average Bonchev–Trinajstić information content (AvgIpc) is 2.74. The highest BCUT2D eigenvalue weighted by Gasteiger charge is 2.27. The van der Waals surface area contributed by atoms with Gasteiger partial charge < -0.3 is 14.6 Å². The SMILES string of the molecule is O=C(O)c1ccc(N=S)cc1-c1c2cc(I)c(=O)c(I)c-2oc2c(I)c(O)c(I)cc12. The van der Waals surface area contributed by atoms with Gasteiger partial charge in [-0.2, -0.15) is 4.36 Å². The minimum absolute atomic E-state index is 0.0541. The number of carboxylic acids is 1. The van der Waals surface area contributed by atoms with Crippen molar-refractivity contribution in [3.8, 4) is 28.2 Å². The number of hydrogen-bond donors (Lipinski definition) is 2. The van der Waals surface area contributed by atoms with Gasteiger partial charge in [-0.1, -0.05) is 0 Å². The number of carbonyl (C=O) groups is 1. The van der Waals surface area contributed by atoms with E-state index in [9.17, 15) is 19.8 Å². The third-order valence-electron chi connectivity index (χ3n) is 4.63. The first-order valence-electron chi connectivity index (χ1n) is 8.32. The van der Waals surface area contributed by atoms with Crippen molar-refractivity contribution in [1.82, 2.24) is 0 Å². The summed E-state index contributed by atoms with van der Waals surface area (Å²) in [6.07, 6.45) is 0. The van der Waals surface area contributed by atoms with Gasteiger partial charge in [0.15, 0.2) is 11.3 Å². The molecule has 0 spiro atoms. The lowest BCUT2D eigenvalue weighted by atomic mass is 9.90. The van der Waals surface area contributed by atoms with Crippen molar-refractivity contribution in [3.63, 3.8) is 0 Å². The first-order chi connectivity index (χ1) is 14.6. The molecule has 1 aliphatic heterocycles. The first-order valence-corrected chi connectivity index (χ1v) is 13.0. The number of phenolic OH excluding ortho intramolecular Hbond substituents is 1. The molecule has 0 saturated heterocycles. The fourth-order valence-electron chi connectivity index (χ4n) is 3.27. The van der Waals surface area contributed by atoms with Crippen molar-refractivity contribution >= 4 is 125 Å². The molecule has 4 rings (SSSR count). The van der Waals surface area contributed by atoms with E-state index in [2.05, 4.69) is 4.36 Å². The molecule has 0 fully saturated rings. The second kappa shape index (κ2) is 8.94. The average molecular weight is 881 g/mol. The fraction of sp³-hybridized carbons (Fsp3) is 0. The molecule has 2 aromatic carbocycles. The Bertz CT molecular complexity index is 1470. The van der Waals surface area contributed by atoms with Crippen LogP contribution in [-0.2, 0) is 12.4 Å². The lowest BCUT2D eigenvalue weighted by Gasteiger charge is -2.19. The molecular formula is C20H7I4NO5S. The summed E-state index contributed by atoms with van der Waals surface area (Å²) >= 11 is 12.7. The maximum absolute atomic E-state index is 12.6.